The monoisotopic (exact) mass is 308 g/mol. The number of ether oxygens (including phenoxy) is 1. The van der Waals surface area contributed by atoms with Gasteiger partial charge in [0.1, 0.15) is 5.82 Å². The van der Waals surface area contributed by atoms with Crippen LogP contribution in [0.2, 0.25) is 0 Å². The molecule has 0 saturated heterocycles. The van der Waals surface area contributed by atoms with Gasteiger partial charge < -0.3 is 9.84 Å². The average molecular weight is 308 g/mol. The molecule has 8 heteroatoms. The molecule has 112 valence electrons. The molecule has 0 bridgehead atoms. The predicted molar refractivity (Wildman–Crippen MR) is 78.1 cm³/mol. The second kappa shape index (κ2) is 7.07. The number of carboxylic acid groups (broad SMARTS) is 1. The molecule has 0 saturated carbocycles. The molecule has 0 fully saturated rings. The van der Waals surface area contributed by atoms with E-state index in [1.165, 1.54) is 0 Å². The van der Waals surface area contributed by atoms with E-state index in [2.05, 4.69) is 15.2 Å². The summed E-state index contributed by atoms with van der Waals surface area (Å²) in [6, 6.07) is 3.62. The first-order valence-corrected chi connectivity index (χ1v) is 7.52. The lowest BCUT2D eigenvalue weighted by Gasteiger charge is -2.09. The molecule has 0 aliphatic carbocycles. The van der Waals surface area contributed by atoms with Crippen molar-refractivity contribution < 1.29 is 14.6 Å². The Labute approximate surface area is 126 Å². The van der Waals surface area contributed by atoms with Crippen molar-refractivity contribution in [3.05, 3.63) is 24.2 Å². The molecule has 1 N–H and O–H groups in total. The lowest BCUT2D eigenvalue weighted by Crippen LogP contribution is -2.05. The van der Waals surface area contributed by atoms with Crippen molar-refractivity contribution in [2.24, 2.45) is 0 Å². The van der Waals surface area contributed by atoms with Crippen LogP contribution < -0.4 is 4.74 Å². The quantitative estimate of drug-likeness (QED) is 0.780. The van der Waals surface area contributed by atoms with Crippen LogP contribution in [0.25, 0.3) is 5.69 Å². The van der Waals surface area contributed by atoms with E-state index in [1.54, 1.807) is 12.3 Å². The third-order valence-electron chi connectivity index (χ3n) is 2.61. The molecule has 2 aromatic heterocycles. The third kappa shape index (κ3) is 3.72. The maximum Gasteiger partial charge on any atom is 0.313 e. The SMILES string of the molecule is CCOc1ccc(-n2c(CC)nnc2SCC(=O)O)cn1. The zero-order valence-electron chi connectivity index (χ0n) is 11.8. The number of hydrogen-bond donors (Lipinski definition) is 1. The van der Waals surface area contributed by atoms with Gasteiger partial charge in [-0.15, -0.1) is 10.2 Å². The highest BCUT2D eigenvalue weighted by Crippen LogP contribution is 2.22. The summed E-state index contributed by atoms with van der Waals surface area (Å²) in [5.74, 6) is 0.352. The molecular weight excluding hydrogens is 292 g/mol. The van der Waals surface area contributed by atoms with Crippen molar-refractivity contribution in [1.82, 2.24) is 19.7 Å². The molecule has 0 aliphatic heterocycles. The van der Waals surface area contributed by atoms with Gasteiger partial charge in [0.05, 0.1) is 24.2 Å². The molecule has 2 aromatic rings. The Morgan fingerprint density at radius 2 is 2.19 bits per heavy atom. The van der Waals surface area contributed by atoms with Crippen molar-refractivity contribution >= 4 is 17.7 Å². The van der Waals surface area contributed by atoms with Gasteiger partial charge in [0.25, 0.3) is 0 Å². The van der Waals surface area contributed by atoms with Gasteiger partial charge in [-0.2, -0.15) is 0 Å². The van der Waals surface area contributed by atoms with Crippen molar-refractivity contribution in [2.75, 3.05) is 12.4 Å². The Balaban J connectivity index is 2.31. The third-order valence-corrected chi connectivity index (χ3v) is 3.53. The van der Waals surface area contributed by atoms with Gasteiger partial charge in [0.15, 0.2) is 5.16 Å². The normalized spacial score (nSPS) is 10.6. The Morgan fingerprint density at radius 1 is 1.38 bits per heavy atom. The number of thioether (sulfide) groups is 1. The molecule has 0 amide bonds. The van der Waals surface area contributed by atoms with Crippen LogP contribution >= 0.6 is 11.8 Å². The van der Waals surface area contributed by atoms with E-state index >= 15 is 0 Å². The second-order valence-electron chi connectivity index (χ2n) is 4.06. The number of carboxylic acids is 1. The molecule has 7 nitrogen and oxygen atoms in total. The van der Waals surface area contributed by atoms with Crippen LogP contribution in [0, 0.1) is 0 Å². The molecule has 0 aromatic carbocycles. The zero-order valence-corrected chi connectivity index (χ0v) is 12.6. The van der Waals surface area contributed by atoms with Gasteiger partial charge in [-0.1, -0.05) is 18.7 Å². The van der Waals surface area contributed by atoms with Crippen LogP contribution in [0.5, 0.6) is 5.88 Å². The van der Waals surface area contributed by atoms with Gasteiger partial charge in [0.2, 0.25) is 5.88 Å². The minimum absolute atomic E-state index is 0.0632. The summed E-state index contributed by atoms with van der Waals surface area (Å²) in [5, 5.41) is 17.5. The van der Waals surface area contributed by atoms with Crippen LogP contribution in [-0.4, -0.2) is 43.2 Å². The number of aliphatic carboxylic acids is 1. The molecule has 2 rings (SSSR count). The Morgan fingerprint density at radius 3 is 2.76 bits per heavy atom. The second-order valence-corrected chi connectivity index (χ2v) is 5.00. The molecule has 0 spiro atoms. The summed E-state index contributed by atoms with van der Waals surface area (Å²) in [6.07, 6.45) is 2.35. The maximum atomic E-state index is 10.7. The summed E-state index contributed by atoms with van der Waals surface area (Å²) in [6.45, 7) is 4.41. The van der Waals surface area contributed by atoms with Crippen molar-refractivity contribution in [3.8, 4) is 11.6 Å². The first-order valence-electron chi connectivity index (χ1n) is 6.53. The fraction of sp³-hybridized carbons (Fsp3) is 0.385. The summed E-state index contributed by atoms with van der Waals surface area (Å²) in [5.41, 5.74) is 0.785. The zero-order chi connectivity index (χ0) is 15.2. The van der Waals surface area contributed by atoms with Gasteiger partial charge in [0, 0.05) is 12.5 Å². The van der Waals surface area contributed by atoms with Crippen molar-refractivity contribution in [1.29, 1.82) is 0 Å². The number of pyridine rings is 1. The molecule has 0 unspecified atom stereocenters. The van der Waals surface area contributed by atoms with E-state index in [1.807, 2.05) is 24.5 Å². The van der Waals surface area contributed by atoms with E-state index in [-0.39, 0.29) is 5.75 Å². The van der Waals surface area contributed by atoms with Crippen LogP contribution in [-0.2, 0) is 11.2 Å². The highest BCUT2D eigenvalue weighted by Gasteiger charge is 2.14. The largest absolute Gasteiger partial charge is 0.481 e. The Hall–Kier alpha value is -2.09. The number of carbonyl (C=O) groups is 1. The fourth-order valence-electron chi connectivity index (χ4n) is 1.75. The smallest absolute Gasteiger partial charge is 0.313 e. The van der Waals surface area contributed by atoms with Crippen LogP contribution in [0.15, 0.2) is 23.5 Å². The maximum absolute atomic E-state index is 10.7. The van der Waals surface area contributed by atoms with E-state index in [9.17, 15) is 4.79 Å². The molecule has 0 atom stereocenters. The van der Waals surface area contributed by atoms with Gasteiger partial charge in [-0.05, 0) is 13.0 Å². The number of aryl methyl sites for hydroxylation is 1. The summed E-state index contributed by atoms with van der Waals surface area (Å²) in [7, 11) is 0. The summed E-state index contributed by atoms with van der Waals surface area (Å²) in [4.78, 5) is 14.9. The first kappa shape index (κ1) is 15.3. The van der Waals surface area contributed by atoms with Gasteiger partial charge in [-0.3, -0.25) is 9.36 Å². The molecular formula is C13H16N4O3S. The van der Waals surface area contributed by atoms with Crippen LogP contribution in [0.3, 0.4) is 0 Å². The van der Waals surface area contributed by atoms with Crippen LogP contribution in [0.4, 0.5) is 0 Å². The standard InChI is InChI=1S/C13H16N4O3S/c1-3-10-15-16-13(21-8-12(18)19)17(10)9-5-6-11(14-7-9)20-4-2/h5-7H,3-4,8H2,1-2H3,(H,18,19). The molecule has 0 aliphatic rings. The average Bonchev–Trinajstić information content (AvgIpc) is 2.89. The van der Waals surface area contributed by atoms with Crippen molar-refractivity contribution in [3.63, 3.8) is 0 Å². The number of rotatable bonds is 7. The van der Waals surface area contributed by atoms with Crippen LogP contribution in [0.1, 0.15) is 19.7 Å². The Kier molecular flexibility index (Phi) is 5.15. The highest BCUT2D eigenvalue weighted by atomic mass is 32.2. The summed E-state index contributed by atoms with van der Waals surface area (Å²) >= 11 is 1.13. The first-order chi connectivity index (χ1) is 10.2. The van der Waals surface area contributed by atoms with E-state index in [0.29, 0.717) is 24.1 Å². The fourth-order valence-corrected chi connectivity index (χ4v) is 2.44. The summed E-state index contributed by atoms with van der Waals surface area (Å²) < 4.78 is 7.13. The lowest BCUT2D eigenvalue weighted by molar-refractivity contribution is -0.133. The van der Waals surface area contributed by atoms with Crippen molar-refractivity contribution in [2.45, 2.75) is 25.4 Å². The van der Waals surface area contributed by atoms with E-state index in [4.69, 9.17) is 9.84 Å². The van der Waals surface area contributed by atoms with E-state index < -0.39 is 5.97 Å². The molecule has 21 heavy (non-hydrogen) atoms. The number of aromatic nitrogens is 4. The Bertz CT molecular complexity index is 612. The van der Waals surface area contributed by atoms with E-state index in [0.717, 1.165) is 23.3 Å². The molecule has 2 heterocycles. The van der Waals surface area contributed by atoms with Gasteiger partial charge in [-0.25, -0.2) is 4.98 Å². The highest BCUT2D eigenvalue weighted by molar-refractivity contribution is 7.99. The lowest BCUT2D eigenvalue weighted by atomic mass is 10.4. The molecule has 0 radical (unpaired) electrons. The minimum Gasteiger partial charge on any atom is -0.481 e. The number of nitrogens with zero attached hydrogens (tertiary/aromatic N) is 4. The minimum atomic E-state index is -0.891. The number of hydrogen-bond acceptors (Lipinski definition) is 6. The van der Waals surface area contributed by atoms with Gasteiger partial charge >= 0.3 is 5.97 Å². The predicted octanol–water partition coefficient (Wildman–Crippen LogP) is 1.80. The topological polar surface area (TPSA) is 90.1 Å².